The summed E-state index contributed by atoms with van der Waals surface area (Å²) in [5, 5.41) is 9.53. The van der Waals surface area contributed by atoms with E-state index in [1.165, 1.54) is 12.1 Å². The highest BCUT2D eigenvalue weighted by Gasteiger charge is 2.17. The zero-order valence-corrected chi connectivity index (χ0v) is 10.2. The molecule has 0 amide bonds. The van der Waals surface area contributed by atoms with Gasteiger partial charge in [-0.25, -0.2) is 13.8 Å². The van der Waals surface area contributed by atoms with E-state index in [4.69, 9.17) is 5.11 Å². The first kappa shape index (κ1) is 10.8. The number of fused-ring (bicyclic) bond motifs is 1. The van der Waals surface area contributed by atoms with Crippen molar-refractivity contribution in [2.75, 3.05) is 0 Å². The number of aromatic nitrogens is 1. The third-order valence-electron chi connectivity index (χ3n) is 1.90. The number of hydrogen-bond donors (Lipinski definition) is 1. The van der Waals surface area contributed by atoms with Crippen molar-refractivity contribution in [2.45, 2.75) is 0 Å². The Morgan fingerprint density at radius 1 is 1.07 bits per heavy atom. The minimum absolute atomic E-state index is 0.00861. The third kappa shape index (κ3) is 1.61. The molecule has 0 atom stereocenters. The largest absolute Gasteiger partial charge is 0.493 e. The molecule has 0 aliphatic carbocycles. The molecule has 1 aromatic heterocycles. The Hall–Kier alpha value is -0.750. The predicted molar refractivity (Wildman–Crippen MR) is 58.7 cm³/mol. The molecule has 6 heteroatoms. The van der Waals surface area contributed by atoms with Crippen LogP contribution >= 0.6 is 31.9 Å². The van der Waals surface area contributed by atoms with Crippen LogP contribution in [0.4, 0.5) is 8.78 Å². The van der Waals surface area contributed by atoms with Crippen LogP contribution in [-0.2, 0) is 0 Å². The average molecular weight is 339 g/mol. The highest BCUT2D eigenvalue weighted by Crippen LogP contribution is 2.35. The minimum Gasteiger partial charge on any atom is -0.493 e. The van der Waals surface area contributed by atoms with E-state index < -0.39 is 11.6 Å². The van der Waals surface area contributed by atoms with Crippen LogP contribution in [0.2, 0.25) is 0 Å². The maximum absolute atomic E-state index is 13.3. The molecule has 2 nitrogen and oxygen atoms in total. The van der Waals surface area contributed by atoms with Crippen LogP contribution in [-0.4, -0.2) is 10.1 Å². The van der Waals surface area contributed by atoms with E-state index in [1.807, 2.05) is 0 Å². The second-order valence-electron chi connectivity index (χ2n) is 2.82. The summed E-state index contributed by atoms with van der Waals surface area (Å²) in [5.41, 5.74) is 0.167. The lowest BCUT2D eigenvalue weighted by Crippen LogP contribution is -1.92. The molecule has 1 N–H and O–H groups in total. The fourth-order valence-electron chi connectivity index (χ4n) is 1.21. The molecule has 0 radical (unpaired) electrons. The molecule has 0 saturated heterocycles. The molecule has 0 saturated carbocycles. The van der Waals surface area contributed by atoms with Gasteiger partial charge in [0.05, 0.1) is 14.5 Å². The molecule has 2 aromatic rings. The lowest BCUT2D eigenvalue weighted by molar-refractivity contribution is 0.455. The zero-order chi connectivity index (χ0) is 11.2. The van der Waals surface area contributed by atoms with Gasteiger partial charge in [0.15, 0.2) is 11.6 Å². The third-order valence-corrected chi connectivity index (χ3v) is 3.40. The molecule has 0 bridgehead atoms. The summed E-state index contributed by atoms with van der Waals surface area (Å²) in [5.74, 6) is -2.27. The van der Waals surface area contributed by atoms with Crippen molar-refractivity contribution in [2.24, 2.45) is 0 Å². The van der Waals surface area contributed by atoms with Gasteiger partial charge in [-0.3, -0.25) is 0 Å². The van der Waals surface area contributed by atoms with Gasteiger partial charge in [0.2, 0.25) is 5.88 Å². The van der Waals surface area contributed by atoms with Crippen molar-refractivity contribution in [1.29, 1.82) is 0 Å². The molecule has 15 heavy (non-hydrogen) atoms. The highest BCUT2D eigenvalue weighted by molar-refractivity contribution is 9.11. The normalized spacial score (nSPS) is 10.9. The average Bonchev–Trinajstić information content (AvgIpc) is 2.23. The van der Waals surface area contributed by atoms with Gasteiger partial charge in [0.25, 0.3) is 0 Å². The second-order valence-corrected chi connectivity index (χ2v) is 4.41. The first-order chi connectivity index (χ1) is 7.02. The molecular weight excluding hydrogens is 336 g/mol. The van der Waals surface area contributed by atoms with E-state index >= 15 is 0 Å². The van der Waals surface area contributed by atoms with Gasteiger partial charge in [-0.2, -0.15) is 0 Å². The number of nitrogens with zero attached hydrogens (tertiary/aromatic N) is 1. The SMILES string of the molecule is Oc1ccc2c(Br)c(F)c(F)c(Br)c2n1. The van der Waals surface area contributed by atoms with Crippen LogP contribution < -0.4 is 0 Å². The first-order valence-electron chi connectivity index (χ1n) is 3.84. The Bertz CT molecular complexity index is 560. The van der Waals surface area contributed by atoms with Crippen LogP contribution in [0.25, 0.3) is 10.9 Å². The molecule has 0 unspecified atom stereocenters. The molecule has 2 rings (SSSR count). The second kappa shape index (κ2) is 3.68. The molecule has 0 aliphatic rings. The number of rotatable bonds is 0. The van der Waals surface area contributed by atoms with E-state index in [-0.39, 0.29) is 20.3 Å². The van der Waals surface area contributed by atoms with Crippen molar-refractivity contribution in [3.05, 3.63) is 32.7 Å². The first-order valence-corrected chi connectivity index (χ1v) is 5.42. The van der Waals surface area contributed by atoms with Gasteiger partial charge < -0.3 is 5.11 Å². The quantitative estimate of drug-likeness (QED) is 0.586. The van der Waals surface area contributed by atoms with Crippen molar-refractivity contribution >= 4 is 42.8 Å². The summed E-state index contributed by atoms with van der Waals surface area (Å²) in [4.78, 5) is 3.71. The Kier molecular flexibility index (Phi) is 2.64. The molecule has 0 aliphatic heterocycles. The monoisotopic (exact) mass is 337 g/mol. The fourth-order valence-corrected chi connectivity index (χ4v) is 2.18. The Morgan fingerprint density at radius 3 is 2.33 bits per heavy atom. The molecule has 1 heterocycles. The van der Waals surface area contributed by atoms with Crippen molar-refractivity contribution < 1.29 is 13.9 Å². The predicted octanol–water partition coefficient (Wildman–Crippen LogP) is 3.74. The summed E-state index contributed by atoms with van der Waals surface area (Å²) in [6, 6.07) is 2.76. The summed E-state index contributed by atoms with van der Waals surface area (Å²) >= 11 is 5.82. The van der Waals surface area contributed by atoms with Crippen LogP contribution in [0, 0.1) is 11.6 Å². The Labute approximate surface area is 100 Å². The number of pyridine rings is 1. The maximum Gasteiger partial charge on any atom is 0.211 e. The maximum atomic E-state index is 13.3. The number of halogens is 4. The number of aromatic hydroxyl groups is 1. The van der Waals surface area contributed by atoms with E-state index in [0.29, 0.717) is 5.39 Å². The number of benzene rings is 1. The van der Waals surface area contributed by atoms with E-state index in [1.54, 1.807) is 0 Å². The highest BCUT2D eigenvalue weighted by atomic mass is 79.9. The lowest BCUT2D eigenvalue weighted by Gasteiger charge is -2.05. The van der Waals surface area contributed by atoms with Crippen molar-refractivity contribution in [3.63, 3.8) is 0 Å². The molecule has 78 valence electrons. The summed E-state index contributed by atoms with van der Waals surface area (Å²) < 4.78 is 26.4. The topological polar surface area (TPSA) is 33.1 Å². The number of hydrogen-bond acceptors (Lipinski definition) is 2. The van der Waals surface area contributed by atoms with Crippen LogP contribution in [0.3, 0.4) is 0 Å². The molecule has 0 fully saturated rings. The molecular formula is C9H3Br2F2NO. The van der Waals surface area contributed by atoms with Crippen molar-refractivity contribution in [3.8, 4) is 5.88 Å². The summed E-state index contributed by atoms with van der Waals surface area (Å²) in [6.07, 6.45) is 0. The van der Waals surface area contributed by atoms with E-state index in [0.717, 1.165) is 0 Å². The van der Waals surface area contributed by atoms with Gasteiger partial charge >= 0.3 is 0 Å². The lowest BCUT2D eigenvalue weighted by atomic mass is 10.2. The standard InChI is InChI=1S/C9H3Br2F2NO/c10-5-3-1-2-4(15)14-9(3)6(11)8(13)7(5)12/h1-2H,(H,14,15). The molecule has 1 aromatic carbocycles. The fraction of sp³-hybridized carbons (Fsp3) is 0. The van der Waals surface area contributed by atoms with E-state index in [9.17, 15) is 8.78 Å². The molecule has 0 spiro atoms. The van der Waals surface area contributed by atoms with Crippen LogP contribution in [0.15, 0.2) is 21.1 Å². The summed E-state index contributed by atoms with van der Waals surface area (Å²) in [6.45, 7) is 0. The Morgan fingerprint density at radius 2 is 1.67 bits per heavy atom. The zero-order valence-electron chi connectivity index (χ0n) is 7.06. The van der Waals surface area contributed by atoms with Crippen molar-refractivity contribution in [1.82, 2.24) is 4.98 Å². The van der Waals surface area contributed by atoms with Gasteiger partial charge in [-0.05, 0) is 37.9 Å². The van der Waals surface area contributed by atoms with Gasteiger partial charge in [-0.1, -0.05) is 0 Å². The minimum atomic E-state index is -1.03. The van der Waals surface area contributed by atoms with Gasteiger partial charge in [0.1, 0.15) is 0 Å². The van der Waals surface area contributed by atoms with E-state index in [2.05, 4.69) is 36.8 Å². The smallest absolute Gasteiger partial charge is 0.211 e. The van der Waals surface area contributed by atoms with Crippen LogP contribution in [0.5, 0.6) is 5.88 Å². The summed E-state index contributed by atoms with van der Waals surface area (Å²) in [7, 11) is 0. The Balaban J connectivity index is 3.00. The van der Waals surface area contributed by atoms with Gasteiger partial charge in [-0.15, -0.1) is 0 Å². The van der Waals surface area contributed by atoms with Gasteiger partial charge in [0, 0.05) is 11.5 Å². The van der Waals surface area contributed by atoms with Crippen LogP contribution in [0.1, 0.15) is 0 Å².